The fourth-order valence-electron chi connectivity index (χ4n) is 3.54. The number of methoxy groups -OCH3 is 2. The number of aryl methyl sites for hydroxylation is 2. The molecule has 35 heavy (non-hydrogen) atoms. The Hall–Kier alpha value is -3.56. The molecule has 1 aliphatic heterocycles. The van der Waals surface area contributed by atoms with Gasteiger partial charge in [-0.3, -0.25) is 14.5 Å². The zero-order valence-corrected chi connectivity index (χ0v) is 21.2. The molecule has 0 spiro atoms. The van der Waals surface area contributed by atoms with Crippen LogP contribution in [0.5, 0.6) is 11.5 Å². The molecule has 2 aromatic carbocycles. The van der Waals surface area contributed by atoms with Crippen LogP contribution in [0.15, 0.2) is 64.3 Å². The van der Waals surface area contributed by atoms with E-state index in [1.165, 1.54) is 12.0 Å². The fraction of sp³-hybridized carbons (Fsp3) is 0.200. The average Bonchev–Trinajstić information content (AvgIpc) is 3.04. The first-order valence-electron chi connectivity index (χ1n) is 10.6. The van der Waals surface area contributed by atoms with Crippen molar-refractivity contribution in [3.8, 4) is 11.5 Å². The van der Waals surface area contributed by atoms with Crippen molar-refractivity contribution in [2.75, 3.05) is 19.5 Å². The van der Waals surface area contributed by atoms with E-state index in [9.17, 15) is 9.59 Å². The van der Waals surface area contributed by atoms with Gasteiger partial charge in [0, 0.05) is 22.5 Å². The minimum Gasteiger partial charge on any atom is -0.497 e. The van der Waals surface area contributed by atoms with Crippen molar-refractivity contribution in [2.24, 2.45) is 0 Å². The Bertz CT molecular complexity index is 1310. The number of hydrogen-bond acceptors (Lipinski definition) is 8. The molecule has 4 rings (SSSR count). The number of rotatable bonds is 8. The van der Waals surface area contributed by atoms with E-state index in [0.717, 1.165) is 28.7 Å². The lowest BCUT2D eigenvalue weighted by Crippen LogP contribution is -2.32. The van der Waals surface area contributed by atoms with Gasteiger partial charge in [-0.1, -0.05) is 23.7 Å². The molecular weight excluding hydrogens is 488 g/mol. The number of halogens is 1. The summed E-state index contributed by atoms with van der Waals surface area (Å²) in [5, 5.41) is 4.06. The number of amides is 2. The van der Waals surface area contributed by atoms with Crippen LogP contribution in [0.2, 0.25) is 5.02 Å². The number of carbonyl (C=O) groups is 2. The number of benzene rings is 2. The zero-order valence-electron chi connectivity index (χ0n) is 19.6. The number of thioether (sulfide) groups is 1. The van der Waals surface area contributed by atoms with Gasteiger partial charge in [0.2, 0.25) is 0 Å². The van der Waals surface area contributed by atoms with E-state index < -0.39 is 11.8 Å². The summed E-state index contributed by atoms with van der Waals surface area (Å²) >= 11 is 7.04. The smallest absolute Gasteiger partial charge is 0.278 e. The van der Waals surface area contributed by atoms with Gasteiger partial charge in [-0.25, -0.2) is 9.97 Å². The average molecular weight is 511 g/mol. The van der Waals surface area contributed by atoms with Gasteiger partial charge >= 0.3 is 0 Å². The minimum atomic E-state index is -0.463. The van der Waals surface area contributed by atoms with E-state index in [4.69, 9.17) is 21.1 Å². The van der Waals surface area contributed by atoms with Crippen molar-refractivity contribution >= 4 is 40.9 Å². The molecule has 10 heteroatoms. The van der Waals surface area contributed by atoms with Crippen LogP contribution in [0.4, 0.5) is 5.69 Å². The monoisotopic (exact) mass is 510 g/mol. The Morgan fingerprint density at radius 2 is 1.63 bits per heavy atom. The number of nitrogens with zero attached hydrogens (tertiary/aromatic N) is 3. The Balaban J connectivity index is 1.72. The van der Waals surface area contributed by atoms with Crippen LogP contribution < -0.4 is 14.8 Å². The van der Waals surface area contributed by atoms with Gasteiger partial charge in [0.05, 0.1) is 26.5 Å². The Morgan fingerprint density at radius 3 is 2.26 bits per heavy atom. The van der Waals surface area contributed by atoms with E-state index in [1.54, 1.807) is 49.6 Å². The number of imide groups is 1. The largest absolute Gasteiger partial charge is 0.497 e. The predicted octanol–water partition coefficient (Wildman–Crippen LogP) is 4.75. The summed E-state index contributed by atoms with van der Waals surface area (Å²) in [4.78, 5) is 37.2. The molecule has 2 heterocycles. The fourth-order valence-corrected chi connectivity index (χ4v) is 4.67. The van der Waals surface area contributed by atoms with Crippen molar-refractivity contribution in [3.63, 3.8) is 0 Å². The van der Waals surface area contributed by atoms with Gasteiger partial charge in [-0.2, -0.15) is 0 Å². The van der Waals surface area contributed by atoms with Gasteiger partial charge < -0.3 is 14.8 Å². The summed E-state index contributed by atoms with van der Waals surface area (Å²) in [5.74, 6) is 0.153. The number of anilines is 1. The van der Waals surface area contributed by atoms with Gasteiger partial charge in [-0.15, -0.1) is 0 Å². The summed E-state index contributed by atoms with van der Waals surface area (Å²) in [7, 11) is 3.07. The third-order valence-corrected chi connectivity index (χ3v) is 6.40. The van der Waals surface area contributed by atoms with Crippen molar-refractivity contribution in [1.29, 1.82) is 0 Å². The van der Waals surface area contributed by atoms with Crippen LogP contribution >= 0.6 is 23.4 Å². The standard InChI is InChI=1S/C25H23ClN4O4S/c1-14-11-15(2)28-25(27-14)35-22-21(29-19-10-9-18(33-3)12-20(19)34-4)23(31)30(24(22)32)13-16-5-7-17(26)8-6-16/h5-12,29H,13H2,1-4H3. The summed E-state index contributed by atoms with van der Waals surface area (Å²) in [6, 6.07) is 14.0. The molecule has 1 aromatic heterocycles. The molecule has 0 radical (unpaired) electrons. The summed E-state index contributed by atoms with van der Waals surface area (Å²) in [6.45, 7) is 3.80. The molecule has 0 bridgehead atoms. The molecule has 1 N–H and O–H groups in total. The number of aromatic nitrogens is 2. The van der Waals surface area contributed by atoms with Crippen LogP contribution in [0.1, 0.15) is 17.0 Å². The molecule has 0 fully saturated rings. The highest BCUT2D eigenvalue weighted by Crippen LogP contribution is 2.37. The van der Waals surface area contributed by atoms with Gasteiger partial charge in [0.25, 0.3) is 11.8 Å². The van der Waals surface area contributed by atoms with Crippen LogP contribution in [-0.4, -0.2) is 40.9 Å². The zero-order chi connectivity index (χ0) is 25.1. The summed E-state index contributed by atoms with van der Waals surface area (Å²) in [5.41, 5.74) is 2.94. The Labute approximate surface area is 212 Å². The molecule has 0 unspecified atom stereocenters. The second-order valence-corrected chi connectivity index (χ2v) is 9.17. The van der Waals surface area contributed by atoms with Crippen LogP contribution in [0, 0.1) is 13.8 Å². The van der Waals surface area contributed by atoms with Crippen LogP contribution in [0.25, 0.3) is 0 Å². The van der Waals surface area contributed by atoms with E-state index in [2.05, 4.69) is 15.3 Å². The number of hydrogen-bond donors (Lipinski definition) is 1. The molecular formula is C25H23ClN4O4S. The maximum absolute atomic E-state index is 13.5. The predicted molar refractivity (Wildman–Crippen MR) is 135 cm³/mol. The first-order chi connectivity index (χ1) is 16.8. The molecule has 2 amide bonds. The summed E-state index contributed by atoms with van der Waals surface area (Å²) in [6.07, 6.45) is 0. The molecule has 8 nitrogen and oxygen atoms in total. The molecule has 0 saturated heterocycles. The molecule has 0 aliphatic carbocycles. The lowest BCUT2D eigenvalue weighted by Gasteiger charge is -2.16. The Morgan fingerprint density at radius 1 is 0.943 bits per heavy atom. The molecule has 0 atom stereocenters. The van der Waals surface area contributed by atoms with E-state index in [1.807, 2.05) is 19.9 Å². The lowest BCUT2D eigenvalue weighted by molar-refractivity contribution is -0.137. The maximum Gasteiger partial charge on any atom is 0.278 e. The van der Waals surface area contributed by atoms with Gasteiger partial charge in [0.15, 0.2) is 5.16 Å². The van der Waals surface area contributed by atoms with Crippen molar-refractivity contribution in [3.05, 3.63) is 81.1 Å². The lowest BCUT2D eigenvalue weighted by atomic mass is 10.2. The second kappa shape index (κ2) is 10.4. The van der Waals surface area contributed by atoms with Crippen molar-refractivity contribution in [1.82, 2.24) is 14.9 Å². The highest BCUT2D eigenvalue weighted by Gasteiger charge is 2.40. The van der Waals surface area contributed by atoms with Gasteiger partial charge in [-0.05, 0) is 61.5 Å². The molecule has 3 aromatic rings. The molecule has 180 valence electrons. The molecule has 0 saturated carbocycles. The number of nitrogens with one attached hydrogen (secondary N) is 1. The van der Waals surface area contributed by atoms with E-state index in [0.29, 0.717) is 27.4 Å². The highest BCUT2D eigenvalue weighted by atomic mass is 35.5. The quantitative estimate of drug-likeness (QED) is 0.343. The first-order valence-corrected chi connectivity index (χ1v) is 11.8. The van der Waals surface area contributed by atoms with Crippen LogP contribution in [0.3, 0.4) is 0 Å². The molecule has 1 aliphatic rings. The Kier molecular flexibility index (Phi) is 7.28. The maximum atomic E-state index is 13.5. The van der Waals surface area contributed by atoms with Gasteiger partial charge in [0.1, 0.15) is 22.1 Å². The third-order valence-electron chi connectivity index (χ3n) is 5.20. The summed E-state index contributed by atoms with van der Waals surface area (Å²) < 4.78 is 10.7. The van der Waals surface area contributed by atoms with Crippen LogP contribution in [-0.2, 0) is 16.1 Å². The van der Waals surface area contributed by atoms with Crippen molar-refractivity contribution in [2.45, 2.75) is 25.5 Å². The number of carbonyl (C=O) groups excluding carboxylic acids is 2. The highest BCUT2D eigenvalue weighted by molar-refractivity contribution is 8.04. The second-order valence-electron chi connectivity index (χ2n) is 7.75. The SMILES string of the molecule is COc1ccc(NC2=C(Sc3nc(C)cc(C)n3)C(=O)N(Cc3ccc(Cl)cc3)C2=O)c(OC)c1. The number of ether oxygens (including phenoxy) is 2. The topological polar surface area (TPSA) is 93.6 Å². The van der Waals surface area contributed by atoms with E-state index in [-0.39, 0.29) is 17.1 Å². The van der Waals surface area contributed by atoms with E-state index >= 15 is 0 Å². The normalized spacial score (nSPS) is 13.5. The minimum absolute atomic E-state index is 0.0948. The van der Waals surface area contributed by atoms with Crippen molar-refractivity contribution < 1.29 is 19.1 Å². The third kappa shape index (κ3) is 5.41. The first kappa shape index (κ1) is 24.6.